The van der Waals surface area contributed by atoms with Crippen LogP contribution in [0, 0.1) is 11.8 Å². The molecule has 0 aromatic carbocycles. The van der Waals surface area contributed by atoms with Crippen LogP contribution in [0.1, 0.15) is 39.3 Å². The summed E-state index contributed by atoms with van der Waals surface area (Å²) in [4.78, 5) is 4.60. The fraction of sp³-hybridized carbons (Fsp3) is 0.750. The van der Waals surface area contributed by atoms with E-state index in [1.807, 2.05) is 17.8 Å². The van der Waals surface area contributed by atoms with E-state index in [-0.39, 0.29) is 6.61 Å². The van der Waals surface area contributed by atoms with E-state index in [2.05, 4.69) is 41.5 Å². The third kappa shape index (κ3) is 6.93. The molecule has 0 aliphatic carbocycles. The van der Waals surface area contributed by atoms with Crippen LogP contribution in [0.3, 0.4) is 0 Å². The van der Waals surface area contributed by atoms with Crippen molar-refractivity contribution in [1.82, 2.24) is 20.4 Å². The maximum Gasteiger partial charge on any atom is 0.191 e. The molecule has 0 saturated heterocycles. The molecule has 3 N–H and O–H groups in total. The Morgan fingerprint density at radius 1 is 1.41 bits per heavy atom. The van der Waals surface area contributed by atoms with E-state index in [1.54, 1.807) is 6.20 Å². The lowest BCUT2D eigenvalue weighted by molar-refractivity contribution is 0.243. The molecular formula is C16H31N5O. The minimum absolute atomic E-state index is 0.238. The summed E-state index contributed by atoms with van der Waals surface area (Å²) in [5, 5.41) is 20.0. The van der Waals surface area contributed by atoms with Gasteiger partial charge < -0.3 is 15.7 Å². The van der Waals surface area contributed by atoms with Crippen molar-refractivity contribution >= 4 is 5.96 Å². The van der Waals surface area contributed by atoms with Gasteiger partial charge in [-0.15, -0.1) is 0 Å². The van der Waals surface area contributed by atoms with Gasteiger partial charge in [0.05, 0.1) is 12.2 Å². The molecule has 1 aromatic heterocycles. The van der Waals surface area contributed by atoms with Crippen molar-refractivity contribution in [2.45, 2.75) is 40.2 Å². The SMILES string of the molecule is CCNC(=NCc1ccnn1C)NCC(CCO)CC(C)C. The third-order valence-electron chi connectivity index (χ3n) is 3.57. The number of guanidine groups is 1. The zero-order valence-corrected chi connectivity index (χ0v) is 14.3. The topological polar surface area (TPSA) is 74.5 Å². The Morgan fingerprint density at radius 3 is 2.73 bits per heavy atom. The largest absolute Gasteiger partial charge is 0.396 e. The molecule has 0 saturated carbocycles. The van der Waals surface area contributed by atoms with Crippen LogP contribution in [0.15, 0.2) is 17.3 Å². The smallest absolute Gasteiger partial charge is 0.191 e. The van der Waals surface area contributed by atoms with Gasteiger partial charge in [-0.3, -0.25) is 4.68 Å². The number of aromatic nitrogens is 2. The lowest BCUT2D eigenvalue weighted by Crippen LogP contribution is -2.40. The van der Waals surface area contributed by atoms with E-state index in [0.29, 0.717) is 18.4 Å². The first-order chi connectivity index (χ1) is 10.6. The van der Waals surface area contributed by atoms with Crippen molar-refractivity contribution in [2.75, 3.05) is 19.7 Å². The average Bonchev–Trinajstić information content (AvgIpc) is 2.87. The molecule has 1 aromatic rings. The van der Waals surface area contributed by atoms with E-state index in [0.717, 1.165) is 37.6 Å². The van der Waals surface area contributed by atoms with Crippen LogP contribution in [0.25, 0.3) is 0 Å². The Bertz CT molecular complexity index is 441. The summed E-state index contributed by atoms with van der Waals surface area (Å²) in [5.41, 5.74) is 1.08. The van der Waals surface area contributed by atoms with Crippen molar-refractivity contribution in [2.24, 2.45) is 23.9 Å². The highest BCUT2D eigenvalue weighted by Crippen LogP contribution is 2.14. The quantitative estimate of drug-likeness (QED) is 0.477. The summed E-state index contributed by atoms with van der Waals surface area (Å²) >= 11 is 0. The molecule has 22 heavy (non-hydrogen) atoms. The summed E-state index contributed by atoms with van der Waals surface area (Å²) in [6.07, 6.45) is 3.71. The average molecular weight is 309 g/mol. The van der Waals surface area contributed by atoms with Crippen molar-refractivity contribution in [3.8, 4) is 0 Å². The zero-order valence-electron chi connectivity index (χ0n) is 14.3. The first kappa shape index (κ1) is 18.5. The molecule has 0 bridgehead atoms. The highest BCUT2D eigenvalue weighted by molar-refractivity contribution is 5.79. The normalized spacial score (nSPS) is 13.5. The summed E-state index contributed by atoms with van der Waals surface area (Å²) in [5.74, 6) is 1.91. The fourth-order valence-electron chi connectivity index (χ4n) is 2.45. The van der Waals surface area contributed by atoms with Crippen LogP contribution < -0.4 is 10.6 Å². The van der Waals surface area contributed by atoms with Gasteiger partial charge in [-0.05, 0) is 37.7 Å². The second-order valence-electron chi connectivity index (χ2n) is 6.03. The Labute approximate surface area is 134 Å². The minimum atomic E-state index is 0.238. The monoisotopic (exact) mass is 309 g/mol. The van der Waals surface area contributed by atoms with Crippen LogP contribution in [-0.4, -0.2) is 40.5 Å². The van der Waals surface area contributed by atoms with Crippen LogP contribution in [0.2, 0.25) is 0 Å². The second-order valence-corrected chi connectivity index (χ2v) is 6.03. The maximum absolute atomic E-state index is 9.19. The summed E-state index contributed by atoms with van der Waals surface area (Å²) in [6.45, 7) is 8.98. The van der Waals surface area contributed by atoms with Crippen molar-refractivity contribution in [1.29, 1.82) is 0 Å². The standard InChI is InChI=1S/C16H31N5O/c1-5-17-16(19-12-15-6-8-20-21(15)4)18-11-14(7-9-22)10-13(2)3/h6,8,13-14,22H,5,7,9-12H2,1-4H3,(H2,17,18,19). The van der Waals surface area contributed by atoms with Crippen LogP contribution >= 0.6 is 0 Å². The molecule has 6 nitrogen and oxygen atoms in total. The first-order valence-corrected chi connectivity index (χ1v) is 8.16. The Balaban J connectivity index is 2.56. The summed E-state index contributed by atoms with van der Waals surface area (Å²) < 4.78 is 1.83. The Kier molecular flexibility index (Phi) is 8.58. The zero-order chi connectivity index (χ0) is 16.4. The molecule has 1 atom stereocenters. The van der Waals surface area contributed by atoms with Gasteiger partial charge in [0.2, 0.25) is 0 Å². The number of rotatable bonds is 9. The molecule has 0 spiro atoms. The van der Waals surface area contributed by atoms with Gasteiger partial charge in [-0.25, -0.2) is 4.99 Å². The van der Waals surface area contributed by atoms with Crippen LogP contribution in [-0.2, 0) is 13.6 Å². The highest BCUT2D eigenvalue weighted by atomic mass is 16.3. The molecule has 0 fully saturated rings. The predicted molar refractivity (Wildman–Crippen MR) is 90.7 cm³/mol. The van der Waals surface area contributed by atoms with Crippen molar-refractivity contribution in [3.63, 3.8) is 0 Å². The Hall–Kier alpha value is -1.56. The van der Waals surface area contributed by atoms with E-state index in [9.17, 15) is 5.11 Å². The highest BCUT2D eigenvalue weighted by Gasteiger charge is 2.11. The third-order valence-corrected chi connectivity index (χ3v) is 3.57. The van der Waals surface area contributed by atoms with Gasteiger partial charge in [0.15, 0.2) is 5.96 Å². The molecule has 0 aliphatic heterocycles. The molecule has 6 heteroatoms. The fourth-order valence-corrected chi connectivity index (χ4v) is 2.45. The van der Waals surface area contributed by atoms with E-state index >= 15 is 0 Å². The molecule has 0 amide bonds. The lowest BCUT2D eigenvalue weighted by atomic mass is 9.94. The summed E-state index contributed by atoms with van der Waals surface area (Å²) in [6, 6.07) is 1.97. The number of nitrogens with zero attached hydrogens (tertiary/aromatic N) is 3. The van der Waals surface area contributed by atoms with E-state index in [4.69, 9.17) is 0 Å². The number of aryl methyl sites for hydroxylation is 1. The molecule has 0 radical (unpaired) electrons. The van der Waals surface area contributed by atoms with E-state index in [1.165, 1.54) is 0 Å². The van der Waals surface area contributed by atoms with Gasteiger partial charge in [-0.2, -0.15) is 5.10 Å². The van der Waals surface area contributed by atoms with Gasteiger partial charge in [-0.1, -0.05) is 13.8 Å². The van der Waals surface area contributed by atoms with Gasteiger partial charge in [0.25, 0.3) is 0 Å². The lowest BCUT2D eigenvalue weighted by Gasteiger charge is -2.20. The Morgan fingerprint density at radius 2 is 2.18 bits per heavy atom. The number of aliphatic hydroxyl groups excluding tert-OH is 1. The predicted octanol–water partition coefficient (Wildman–Crippen LogP) is 1.52. The number of aliphatic imine (C=N–C) groups is 1. The van der Waals surface area contributed by atoms with Crippen LogP contribution in [0.5, 0.6) is 0 Å². The molecule has 0 aliphatic rings. The molecular weight excluding hydrogens is 278 g/mol. The van der Waals surface area contributed by atoms with Crippen LogP contribution in [0.4, 0.5) is 0 Å². The molecule has 1 unspecified atom stereocenters. The van der Waals surface area contributed by atoms with Gasteiger partial charge in [0.1, 0.15) is 0 Å². The van der Waals surface area contributed by atoms with Gasteiger partial charge >= 0.3 is 0 Å². The summed E-state index contributed by atoms with van der Waals surface area (Å²) in [7, 11) is 1.92. The minimum Gasteiger partial charge on any atom is -0.396 e. The first-order valence-electron chi connectivity index (χ1n) is 8.16. The number of nitrogens with one attached hydrogen (secondary N) is 2. The number of hydrogen-bond acceptors (Lipinski definition) is 3. The number of aliphatic hydroxyl groups is 1. The molecule has 1 heterocycles. The number of hydrogen-bond donors (Lipinski definition) is 3. The second kappa shape index (κ2) is 10.2. The van der Waals surface area contributed by atoms with Crippen molar-refractivity contribution in [3.05, 3.63) is 18.0 Å². The molecule has 1 rings (SSSR count). The maximum atomic E-state index is 9.19. The van der Waals surface area contributed by atoms with Gasteiger partial charge in [0, 0.05) is 32.9 Å². The van der Waals surface area contributed by atoms with Crippen molar-refractivity contribution < 1.29 is 5.11 Å². The molecule has 126 valence electrons. The van der Waals surface area contributed by atoms with E-state index < -0.39 is 0 Å².